The summed E-state index contributed by atoms with van der Waals surface area (Å²) in [6.07, 6.45) is 64.5. The molecule has 0 bridgehead atoms. The molecule has 100 heavy (non-hydrogen) atoms. The normalized spacial score (nSPS) is 14.1. The molecule has 5 atom stereocenters. The van der Waals surface area contributed by atoms with Crippen molar-refractivity contribution in [1.82, 2.24) is 0 Å². The van der Waals surface area contributed by atoms with Gasteiger partial charge in [-0.15, -0.1) is 0 Å². The highest BCUT2D eigenvalue weighted by Gasteiger charge is 2.30. The Balaban J connectivity index is 5.30. The third kappa shape index (κ3) is 73.8. The van der Waals surface area contributed by atoms with E-state index in [1.807, 2.05) is 0 Å². The second-order valence-corrected chi connectivity index (χ2v) is 32.3. The minimum atomic E-state index is -4.97. The molecule has 0 aliphatic carbocycles. The summed E-state index contributed by atoms with van der Waals surface area (Å²) in [5, 5.41) is 10.6. The van der Waals surface area contributed by atoms with Gasteiger partial charge in [-0.2, -0.15) is 0 Å². The molecule has 0 radical (unpaired) electrons. The molecule has 0 aliphatic rings. The first-order chi connectivity index (χ1) is 48.4. The molecule has 0 spiro atoms. The average molecular weight is 1460 g/mol. The van der Waals surface area contributed by atoms with Crippen molar-refractivity contribution in [1.29, 1.82) is 0 Å². The van der Waals surface area contributed by atoms with Crippen LogP contribution in [0.3, 0.4) is 0 Å². The Hall–Kier alpha value is -2.46. The van der Waals surface area contributed by atoms with E-state index >= 15 is 0 Å². The standard InChI is InChI=1S/C81H154O17P2/c1-7-9-11-13-15-17-19-21-23-28-34-40-46-52-58-64-79(84)92-69-76(97-80(85)65-59-53-47-41-35-29-25-22-24-27-31-37-43-49-55-61-73(3)4)71-95-99(87,88)93-67-75(82)68-94-100(89,90)96-72-77(70-91-78(83)63-57-51-45-39-33-26-20-18-16-14-12-10-8-2)98-81(86)66-60-54-48-42-36-30-32-38-44-50-56-62-74(5)6/h17,19,21,23,73-77,82H,7-16,18,20,22,24-72H2,1-6H3,(H,87,88)(H,89,90)/b19-17-,23-21-/t75-,76-,77-/m1/s1. The van der Waals surface area contributed by atoms with Gasteiger partial charge in [0.2, 0.25) is 0 Å². The summed E-state index contributed by atoms with van der Waals surface area (Å²) in [7, 11) is -9.93. The lowest BCUT2D eigenvalue weighted by Gasteiger charge is -2.21. The summed E-state index contributed by atoms with van der Waals surface area (Å²) >= 11 is 0. The molecule has 0 rings (SSSR count). The van der Waals surface area contributed by atoms with Crippen LogP contribution in [0.5, 0.6) is 0 Å². The minimum absolute atomic E-state index is 0.101. The molecule has 590 valence electrons. The Labute approximate surface area is 612 Å². The van der Waals surface area contributed by atoms with E-state index in [-0.39, 0.29) is 25.7 Å². The molecule has 0 aromatic carbocycles. The number of allylic oxidation sites excluding steroid dienone is 4. The lowest BCUT2D eigenvalue weighted by molar-refractivity contribution is -0.161. The fraction of sp³-hybridized carbons (Fsp3) is 0.901. The van der Waals surface area contributed by atoms with Crippen LogP contribution in [0.25, 0.3) is 0 Å². The first kappa shape index (κ1) is 97.5. The number of rotatable bonds is 78. The summed E-state index contributed by atoms with van der Waals surface area (Å²) in [4.78, 5) is 73.0. The maximum absolute atomic E-state index is 13.1. The third-order valence-corrected chi connectivity index (χ3v) is 20.2. The van der Waals surface area contributed by atoms with Gasteiger partial charge in [0.05, 0.1) is 26.4 Å². The number of unbranched alkanes of at least 4 members (excludes halogenated alkanes) is 45. The highest BCUT2D eigenvalue weighted by Crippen LogP contribution is 2.45. The second-order valence-electron chi connectivity index (χ2n) is 29.4. The van der Waals surface area contributed by atoms with Crippen molar-refractivity contribution in [2.75, 3.05) is 39.6 Å². The predicted octanol–water partition coefficient (Wildman–Crippen LogP) is 23.8. The molecule has 0 aromatic rings. The van der Waals surface area contributed by atoms with Crippen LogP contribution in [-0.2, 0) is 65.4 Å². The number of esters is 4. The van der Waals surface area contributed by atoms with Gasteiger partial charge in [0.1, 0.15) is 19.3 Å². The van der Waals surface area contributed by atoms with Gasteiger partial charge in [0.25, 0.3) is 0 Å². The Kier molecular flexibility index (Phi) is 70.3. The maximum atomic E-state index is 13.1. The topological polar surface area (TPSA) is 237 Å². The van der Waals surface area contributed by atoms with E-state index < -0.39 is 97.5 Å². The van der Waals surface area contributed by atoms with Crippen LogP contribution >= 0.6 is 15.6 Å². The predicted molar refractivity (Wildman–Crippen MR) is 409 cm³/mol. The molecule has 0 aliphatic heterocycles. The van der Waals surface area contributed by atoms with Crippen molar-refractivity contribution in [2.45, 2.75) is 419 Å². The second kappa shape index (κ2) is 72.1. The number of aliphatic hydroxyl groups excluding tert-OH is 1. The monoisotopic (exact) mass is 1460 g/mol. The van der Waals surface area contributed by atoms with Gasteiger partial charge in [0, 0.05) is 25.7 Å². The van der Waals surface area contributed by atoms with Crippen LogP contribution in [0.2, 0.25) is 0 Å². The minimum Gasteiger partial charge on any atom is -0.462 e. The van der Waals surface area contributed by atoms with Gasteiger partial charge < -0.3 is 33.8 Å². The van der Waals surface area contributed by atoms with Crippen molar-refractivity contribution < 1.29 is 80.2 Å². The lowest BCUT2D eigenvalue weighted by Crippen LogP contribution is -2.30. The fourth-order valence-electron chi connectivity index (χ4n) is 12.0. The molecule has 0 aromatic heterocycles. The largest absolute Gasteiger partial charge is 0.472 e. The fourth-order valence-corrected chi connectivity index (χ4v) is 13.6. The molecule has 0 saturated carbocycles. The Bertz CT molecular complexity index is 2020. The van der Waals surface area contributed by atoms with Gasteiger partial charge in [-0.05, 0) is 63.2 Å². The molecular formula is C81H154O17P2. The van der Waals surface area contributed by atoms with Crippen LogP contribution in [0, 0.1) is 11.8 Å². The first-order valence-corrected chi connectivity index (χ1v) is 44.3. The molecule has 0 heterocycles. The smallest absolute Gasteiger partial charge is 0.462 e. The molecule has 0 saturated heterocycles. The zero-order valence-electron chi connectivity index (χ0n) is 65.0. The van der Waals surface area contributed by atoms with Crippen LogP contribution in [0.4, 0.5) is 0 Å². The summed E-state index contributed by atoms with van der Waals surface area (Å²) in [6, 6.07) is 0. The SMILES string of the molecule is CCCCCC/C=C\C=C/CCCCCCCC(=O)OC[C@H](COP(=O)(O)OC[C@@H](O)COP(=O)(O)OC[C@@H](COC(=O)CCCCCCCCCCCCCCC)OC(=O)CCCCCCCCCCCCCC(C)C)OC(=O)CCCCCCCCCCCCCCCCCC(C)C. The van der Waals surface area contributed by atoms with E-state index in [0.29, 0.717) is 25.7 Å². The van der Waals surface area contributed by atoms with Gasteiger partial charge >= 0.3 is 39.5 Å². The van der Waals surface area contributed by atoms with Gasteiger partial charge in [-0.3, -0.25) is 37.3 Å². The van der Waals surface area contributed by atoms with E-state index in [0.717, 1.165) is 121 Å². The zero-order chi connectivity index (χ0) is 73.5. The quantitative estimate of drug-likeness (QED) is 0.0169. The number of phosphoric ester groups is 2. The van der Waals surface area contributed by atoms with E-state index in [2.05, 4.69) is 65.8 Å². The maximum Gasteiger partial charge on any atom is 0.472 e. The summed E-state index contributed by atoms with van der Waals surface area (Å²) in [5.74, 6) is -0.573. The molecule has 3 N–H and O–H groups in total. The van der Waals surface area contributed by atoms with Crippen molar-refractivity contribution in [3.8, 4) is 0 Å². The van der Waals surface area contributed by atoms with E-state index in [1.54, 1.807) is 0 Å². The average Bonchev–Trinajstić information content (AvgIpc) is 3.52. The Morgan fingerprint density at radius 1 is 0.310 bits per heavy atom. The van der Waals surface area contributed by atoms with Crippen LogP contribution in [-0.4, -0.2) is 96.7 Å². The van der Waals surface area contributed by atoms with Crippen LogP contribution in [0.15, 0.2) is 24.3 Å². The summed E-state index contributed by atoms with van der Waals surface area (Å²) in [6.45, 7) is 9.60. The molecule has 17 nitrogen and oxygen atoms in total. The van der Waals surface area contributed by atoms with Gasteiger partial charge in [0.15, 0.2) is 12.2 Å². The highest BCUT2D eigenvalue weighted by atomic mass is 31.2. The van der Waals surface area contributed by atoms with Crippen molar-refractivity contribution >= 4 is 39.5 Å². The van der Waals surface area contributed by atoms with Gasteiger partial charge in [-0.1, -0.05) is 348 Å². The summed E-state index contributed by atoms with van der Waals surface area (Å²) in [5.41, 5.74) is 0. The summed E-state index contributed by atoms with van der Waals surface area (Å²) < 4.78 is 68.7. The molecular weight excluding hydrogens is 1310 g/mol. The highest BCUT2D eigenvalue weighted by molar-refractivity contribution is 7.47. The van der Waals surface area contributed by atoms with Crippen molar-refractivity contribution in [3.63, 3.8) is 0 Å². The molecule has 2 unspecified atom stereocenters. The van der Waals surface area contributed by atoms with E-state index in [1.165, 1.54) is 199 Å². The number of carbonyl (C=O) groups excluding carboxylic acids is 4. The third-order valence-electron chi connectivity index (χ3n) is 18.3. The van der Waals surface area contributed by atoms with Crippen LogP contribution < -0.4 is 0 Å². The van der Waals surface area contributed by atoms with Gasteiger partial charge in [-0.25, -0.2) is 9.13 Å². The van der Waals surface area contributed by atoms with E-state index in [4.69, 9.17) is 37.0 Å². The van der Waals surface area contributed by atoms with E-state index in [9.17, 15) is 43.2 Å². The number of hydrogen-bond donors (Lipinski definition) is 3. The van der Waals surface area contributed by atoms with Crippen molar-refractivity contribution in [3.05, 3.63) is 24.3 Å². The van der Waals surface area contributed by atoms with Crippen molar-refractivity contribution in [2.24, 2.45) is 11.8 Å². The number of phosphoric acid groups is 2. The number of carbonyl (C=O) groups is 4. The van der Waals surface area contributed by atoms with Crippen LogP contribution in [0.1, 0.15) is 401 Å². The molecule has 0 amide bonds. The zero-order valence-corrected chi connectivity index (χ0v) is 66.8. The number of hydrogen-bond acceptors (Lipinski definition) is 15. The number of aliphatic hydroxyl groups is 1. The lowest BCUT2D eigenvalue weighted by atomic mass is 10.0. The molecule has 0 fully saturated rings. The Morgan fingerprint density at radius 3 is 0.820 bits per heavy atom. The Morgan fingerprint density at radius 2 is 0.540 bits per heavy atom. The number of ether oxygens (including phenoxy) is 4. The molecule has 19 heteroatoms. The first-order valence-electron chi connectivity index (χ1n) is 41.3.